The molecule has 0 aliphatic carbocycles. The second-order valence-corrected chi connectivity index (χ2v) is 4.03. The van der Waals surface area contributed by atoms with Crippen molar-refractivity contribution in [1.29, 1.82) is 5.41 Å². The quantitative estimate of drug-likeness (QED) is 0.254. The number of hydrogen-bond donors (Lipinski definition) is 6. The van der Waals surface area contributed by atoms with Crippen LogP contribution in [0, 0.1) is 5.41 Å². The van der Waals surface area contributed by atoms with Crippen molar-refractivity contribution < 1.29 is 20.1 Å². The van der Waals surface area contributed by atoms with E-state index >= 15 is 0 Å². The molecule has 1 aliphatic heterocycles. The average Bonchev–Trinajstić information content (AvgIpc) is 2.82. The molecule has 9 nitrogen and oxygen atoms in total. The normalized spacial score (nSPS) is 31.7. The smallest absolute Gasteiger partial charge is 0.181 e. The van der Waals surface area contributed by atoms with E-state index in [9.17, 15) is 10.2 Å². The Labute approximate surface area is 102 Å². The molecule has 1 fully saturated rings. The van der Waals surface area contributed by atoms with Gasteiger partial charge < -0.3 is 31.5 Å². The van der Waals surface area contributed by atoms with Crippen molar-refractivity contribution in [2.24, 2.45) is 5.73 Å². The van der Waals surface area contributed by atoms with Crippen molar-refractivity contribution in [3.05, 3.63) is 11.8 Å². The topological polar surface area (TPSA) is 164 Å². The van der Waals surface area contributed by atoms with Gasteiger partial charge in [-0.2, -0.15) is 5.10 Å². The van der Waals surface area contributed by atoms with Gasteiger partial charge in [0.2, 0.25) is 0 Å². The Morgan fingerprint density at radius 2 is 2.17 bits per heavy atom. The fraction of sp³-hybridized carbons (Fsp3) is 0.556. The summed E-state index contributed by atoms with van der Waals surface area (Å²) in [6, 6.07) is 0. The van der Waals surface area contributed by atoms with Gasteiger partial charge in [0.25, 0.3) is 0 Å². The third-order valence-corrected chi connectivity index (χ3v) is 2.88. The number of aliphatic hydroxyl groups is 3. The monoisotopic (exact) mass is 257 g/mol. The minimum absolute atomic E-state index is 0.0531. The number of nitrogens with zero attached hydrogens (tertiary/aromatic N) is 2. The number of amidine groups is 1. The Balaban J connectivity index is 2.30. The molecule has 0 amide bonds. The van der Waals surface area contributed by atoms with Crippen molar-refractivity contribution in [3.8, 4) is 0 Å². The molecule has 0 saturated carbocycles. The predicted octanol–water partition coefficient (Wildman–Crippen LogP) is -2.64. The van der Waals surface area contributed by atoms with Crippen molar-refractivity contribution in [2.45, 2.75) is 24.5 Å². The van der Waals surface area contributed by atoms with Crippen LogP contribution in [0.4, 0.5) is 5.82 Å². The van der Waals surface area contributed by atoms with Crippen molar-refractivity contribution in [1.82, 2.24) is 9.78 Å². The molecule has 18 heavy (non-hydrogen) atoms. The zero-order chi connectivity index (χ0) is 13.4. The summed E-state index contributed by atoms with van der Waals surface area (Å²) < 4.78 is 6.38. The van der Waals surface area contributed by atoms with E-state index in [1.54, 1.807) is 0 Å². The number of rotatable bonds is 3. The molecule has 2 rings (SSSR count). The van der Waals surface area contributed by atoms with E-state index in [2.05, 4.69) is 5.10 Å². The Morgan fingerprint density at radius 1 is 1.50 bits per heavy atom. The molecular weight excluding hydrogens is 242 g/mol. The lowest BCUT2D eigenvalue weighted by molar-refractivity contribution is -0.0574. The molecule has 0 bridgehead atoms. The number of aliphatic hydroxyl groups excluding tert-OH is 3. The summed E-state index contributed by atoms with van der Waals surface area (Å²) in [6.07, 6.45) is -3.17. The second-order valence-electron chi connectivity index (χ2n) is 4.03. The van der Waals surface area contributed by atoms with E-state index in [-0.39, 0.29) is 17.2 Å². The first-order valence-electron chi connectivity index (χ1n) is 5.27. The molecule has 0 radical (unpaired) electrons. The van der Waals surface area contributed by atoms with Gasteiger partial charge in [-0.05, 0) is 0 Å². The zero-order valence-electron chi connectivity index (χ0n) is 9.39. The number of nitrogen functional groups attached to an aromatic ring is 2. The van der Waals surface area contributed by atoms with E-state index in [1.807, 2.05) is 0 Å². The summed E-state index contributed by atoms with van der Waals surface area (Å²) in [6.45, 7) is -0.435. The van der Waals surface area contributed by atoms with Gasteiger partial charge in [-0.25, -0.2) is 4.68 Å². The first-order valence-corrected chi connectivity index (χ1v) is 5.27. The lowest BCUT2D eigenvalue weighted by atomic mass is 10.1. The van der Waals surface area contributed by atoms with E-state index in [1.165, 1.54) is 6.20 Å². The summed E-state index contributed by atoms with van der Waals surface area (Å²) in [5.41, 5.74) is 11.2. The SMILES string of the molecule is N=C(N)c1cnn([C@@H]2O[C@H](CO)[C@@H](O)[C@H]2O)c1N. The van der Waals surface area contributed by atoms with Crippen LogP contribution in [0.2, 0.25) is 0 Å². The first-order chi connectivity index (χ1) is 8.47. The minimum Gasteiger partial charge on any atom is -0.394 e. The maximum Gasteiger partial charge on any atom is 0.181 e. The summed E-state index contributed by atoms with van der Waals surface area (Å²) in [4.78, 5) is 0. The van der Waals surface area contributed by atoms with Gasteiger partial charge in [-0.15, -0.1) is 0 Å². The number of aromatic nitrogens is 2. The summed E-state index contributed by atoms with van der Waals surface area (Å²) in [5, 5.41) is 39.5. The van der Waals surface area contributed by atoms with E-state index in [0.29, 0.717) is 0 Å². The highest BCUT2D eigenvalue weighted by Crippen LogP contribution is 2.31. The lowest BCUT2D eigenvalue weighted by Gasteiger charge is -2.16. The molecule has 1 aromatic heterocycles. The van der Waals surface area contributed by atoms with Gasteiger partial charge in [0.15, 0.2) is 6.23 Å². The van der Waals surface area contributed by atoms with Crippen LogP contribution in [0.1, 0.15) is 11.8 Å². The van der Waals surface area contributed by atoms with Crippen LogP contribution in [-0.2, 0) is 4.74 Å². The number of hydrogen-bond acceptors (Lipinski definition) is 7. The molecule has 100 valence electrons. The van der Waals surface area contributed by atoms with E-state index < -0.39 is 31.1 Å². The molecule has 1 aromatic rings. The Kier molecular flexibility index (Phi) is 3.22. The predicted molar refractivity (Wildman–Crippen MR) is 60.7 cm³/mol. The summed E-state index contributed by atoms with van der Waals surface area (Å²) >= 11 is 0. The van der Waals surface area contributed by atoms with Gasteiger partial charge in [-0.1, -0.05) is 0 Å². The molecule has 8 N–H and O–H groups in total. The van der Waals surface area contributed by atoms with Crippen LogP contribution < -0.4 is 11.5 Å². The van der Waals surface area contributed by atoms with Crippen LogP contribution in [0.25, 0.3) is 0 Å². The maximum absolute atomic E-state index is 9.80. The van der Waals surface area contributed by atoms with E-state index in [4.69, 9.17) is 26.7 Å². The van der Waals surface area contributed by atoms with Crippen LogP contribution in [0.3, 0.4) is 0 Å². The summed E-state index contributed by atoms with van der Waals surface area (Å²) in [7, 11) is 0. The molecule has 1 saturated heterocycles. The third-order valence-electron chi connectivity index (χ3n) is 2.88. The Morgan fingerprint density at radius 3 is 2.61 bits per heavy atom. The number of anilines is 1. The van der Waals surface area contributed by atoms with Gasteiger partial charge in [0, 0.05) is 0 Å². The molecule has 0 spiro atoms. The number of nitrogens with two attached hydrogens (primary N) is 2. The molecule has 9 heteroatoms. The molecular formula is C9H15N5O4. The third kappa shape index (κ3) is 1.82. The number of ether oxygens (including phenoxy) is 1. The number of nitrogens with one attached hydrogen (secondary N) is 1. The molecule has 0 unspecified atom stereocenters. The highest BCUT2D eigenvalue weighted by atomic mass is 16.6. The van der Waals surface area contributed by atoms with Gasteiger partial charge in [0.05, 0.1) is 18.4 Å². The van der Waals surface area contributed by atoms with Crippen LogP contribution in [-0.4, -0.2) is 55.9 Å². The zero-order valence-corrected chi connectivity index (χ0v) is 9.39. The van der Waals surface area contributed by atoms with Gasteiger partial charge in [-0.3, -0.25) is 5.41 Å². The second kappa shape index (κ2) is 4.53. The molecule has 1 aliphatic rings. The highest BCUT2D eigenvalue weighted by molar-refractivity contribution is 5.98. The van der Waals surface area contributed by atoms with Crippen LogP contribution in [0.15, 0.2) is 6.20 Å². The van der Waals surface area contributed by atoms with E-state index in [0.717, 1.165) is 4.68 Å². The van der Waals surface area contributed by atoms with Crippen molar-refractivity contribution >= 4 is 11.7 Å². The van der Waals surface area contributed by atoms with Gasteiger partial charge >= 0.3 is 0 Å². The Hall–Kier alpha value is -1.68. The Bertz CT molecular complexity index is 462. The first kappa shape index (κ1) is 12.8. The lowest BCUT2D eigenvalue weighted by Crippen LogP contribution is -2.33. The van der Waals surface area contributed by atoms with Crippen LogP contribution in [0.5, 0.6) is 0 Å². The maximum atomic E-state index is 9.80. The summed E-state index contributed by atoms with van der Waals surface area (Å²) in [5.74, 6) is -0.206. The van der Waals surface area contributed by atoms with Crippen molar-refractivity contribution in [2.75, 3.05) is 12.3 Å². The molecule has 2 heterocycles. The van der Waals surface area contributed by atoms with Crippen LogP contribution >= 0.6 is 0 Å². The largest absolute Gasteiger partial charge is 0.394 e. The fourth-order valence-electron chi connectivity index (χ4n) is 1.86. The standard InChI is InChI=1S/C9H15N5O4/c10-7(11)3-1-13-14(8(3)12)9-6(17)5(16)4(2-15)18-9/h1,4-6,9,15-17H,2,12H2,(H3,10,11)/t4-,5-,6-,9-/m1/s1. The minimum atomic E-state index is -1.27. The highest BCUT2D eigenvalue weighted by Gasteiger charge is 2.44. The molecule has 0 aromatic carbocycles. The average molecular weight is 257 g/mol. The van der Waals surface area contributed by atoms with Gasteiger partial charge in [0.1, 0.15) is 30.0 Å². The molecule has 4 atom stereocenters. The van der Waals surface area contributed by atoms with Crippen molar-refractivity contribution in [3.63, 3.8) is 0 Å². The fourth-order valence-corrected chi connectivity index (χ4v) is 1.86.